The van der Waals surface area contributed by atoms with Gasteiger partial charge in [-0.2, -0.15) is 0 Å². The first-order valence-corrected chi connectivity index (χ1v) is 18.2. The molecule has 2 aromatic rings. The molecule has 3 atom stereocenters. The van der Waals surface area contributed by atoms with E-state index >= 15 is 0 Å². The van der Waals surface area contributed by atoms with Crippen LogP contribution in [0.1, 0.15) is 66.5 Å². The second-order valence-electron chi connectivity index (χ2n) is 13.9. The summed E-state index contributed by atoms with van der Waals surface area (Å²) in [7, 11) is -3.17. The van der Waals surface area contributed by atoms with Crippen LogP contribution in [0, 0.1) is 0 Å². The van der Waals surface area contributed by atoms with Gasteiger partial charge in [-0.1, -0.05) is 115 Å². The van der Waals surface area contributed by atoms with Crippen molar-refractivity contribution in [3.8, 4) is 0 Å². The molecule has 2 aromatic carbocycles. The maximum Gasteiger partial charge on any atom is 0.193 e. The van der Waals surface area contributed by atoms with Crippen LogP contribution in [0.3, 0.4) is 0 Å². The first-order valence-electron chi connectivity index (χ1n) is 14.0. The molecule has 39 heavy (non-hydrogen) atoms. The van der Waals surface area contributed by atoms with Gasteiger partial charge in [0, 0.05) is 0 Å². The Labute approximate surface area is 240 Å². The summed E-state index contributed by atoms with van der Waals surface area (Å²) < 4.78 is 27.4. The standard InChI is InChI=1S/C33H50O4Si2/c1-13-27(36-39(11,12)31(6,7)8)29-28(34-32(9,10)35-29)24(2)33(37-38-30(3,4)5,25-20-16-14-17-21-25)26-22-18-15-19-23-26/h13-23,27-29H,1-2,38H2,3-12H3. The SMILES string of the molecule is C=CC(O[Si](C)(C)C(C)(C)C)C1OC(C)(C)OC1C(=C)C(O[SiH2]C(C)(C)C)(c1ccccc1)c1ccccc1. The van der Waals surface area contributed by atoms with Crippen molar-refractivity contribution in [2.75, 3.05) is 0 Å². The number of benzene rings is 2. The first kappa shape index (κ1) is 31.7. The van der Waals surface area contributed by atoms with E-state index in [1.165, 1.54) is 0 Å². The zero-order chi connectivity index (χ0) is 29.3. The van der Waals surface area contributed by atoms with Gasteiger partial charge in [0.05, 0.1) is 6.10 Å². The smallest absolute Gasteiger partial charge is 0.193 e. The molecule has 4 nitrogen and oxygen atoms in total. The van der Waals surface area contributed by atoms with Crippen LogP contribution in [-0.2, 0) is 23.9 Å². The average Bonchev–Trinajstić information content (AvgIpc) is 3.18. The molecule has 0 saturated carbocycles. The minimum absolute atomic E-state index is 0.0367. The van der Waals surface area contributed by atoms with E-state index in [1.807, 2.05) is 32.1 Å². The van der Waals surface area contributed by atoms with E-state index in [2.05, 4.69) is 110 Å². The van der Waals surface area contributed by atoms with Crippen LogP contribution in [0.5, 0.6) is 0 Å². The highest BCUT2D eigenvalue weighted by Gasteiger charge is 2.53. The van der Waals surface area contributed by atoms with E-state index in [9.17, 15) is 0 Å². The maximum absolute atomic E-state index is 7.17. The third kappa shape index (κ3) is 7.10. The predicted molar refractivity (Wildman–Crippen MR) is 168 cm³/mol. The third-order valence-electron chi connectivity index (χ3n) is 7.80. The zero-order valence-corrected chi connectivity index (χ0v) is 28.3. The topological polar surface area (TPSA) is 36.9 Å². The summed E-state index contributed by atoms with van der Waals surface area (Å²) >= 11 is 0. The molecule has 6 heteroatoms. The molecule has 0 N–H and O–H groups in total. The first-order chi connectivity index (χ1) is 17.9. The lowest BCUT2D eigenvalue weighted by Gasteiger charge is -2.43. The predicted octanol–water partition coefficient (Wildman–Crippen LogP) is 7.90. The fraction of sp³-hybridized carbons (Fsp3) is 0.515. The number of ether oxygens (including phenoxy) is 2. The molecule has 1 aliphatic rings. The van der Waals surface area contributed by atoms with Gasteiger partial charge in [-0.3, -0.25) is 0 Å². The van der Waals surface area contributed by atoms with Crippen molar-refractivity contribution in [3.63, 3.8) is 0 Å². The van der Waals surface area contributed by atoms with Crippen LogP contribution in [0.2, 0.25) is 23.2 Å². The Morgan fingerprint density at radius 3 is 1.82 bits per heavy atom. The Morgan fingerprint density at radius 2 is 1.41 bits per heavy atom. The molecule has 0 amide bonds. The maximum atomic E-state index is 7.17. The lowest BCUT2D eigenvalue weighted by atomic mass is 9.77. The van der Waals surface area contributed by atoms with Gasteiger partial charge in [0.25, 0.3) is 0 Å². The van der Waals surface area contributed by atoms with Crippen molar-refractivity contribution in [1.82, 2.24) is 0 Å². The molecule has 0 radical (unpaired) electrons. The molecule has 214 valence electrons. The highest BCUT2D eigenvalue weighted by atomic mass is 28.4. The summed E-state index contributed by atoms with van der Waals surface area (Å²) in [4.78, 5) is 0. The van der Waals surface area contributed by atoms with Gasteiger partial charge in [-0.25, -0.2) is 0 Å². The molecule has 1 fully saturated rings. The monoisotopic (exact) mass is 566 g/mol. The number of hydrogen-bond acceptors (Lipinski definition) is 4. The van der Waals surface area contributed by atoms with Gasteiger partial charge in [0.2, 0.25) is 0 Å². The summed E-state index contributed by atoms with van der Waals surface area (Å²) in [5, 5.41) is 0.102. The van der Waals surface area contributed by atoms with E-state index in [0.29, 0.717) is 0 Å². The Kier molecular flexibility index (Phi) is 9.43. The highest BCUT2D eigenvalue weighted by molar-refractivity contribution is 6.74. The number of hydrogen-bond donors (Lipinski definition) is 0. The van der Waals surface area contributed by atoms with Gasteiger partial charge in [0.15, 0.2) is 23.9 Å². The minimum atomic E-state index is -2.14. The van der Waals surface area contributed by atoms with Crippen molar-refractivity contribution in [2.45, 2.75) is 108 Å². The second-order valence-corrected chi connectivity index (χ2v) is 21.3. The second kappa shape index (κ2) is 11.6. The van der Waals surface area contributed by atoms with Crippen molar-refractivity contribution in [3.05, 3.63) is 96.6 Å². The van der Waals surface area contributed by atoms with E-state index in [1.54, 1.807) is 0 Å². The minimum Gasteiger partial charge on any atom is -0.408 e. The number of rotatable bonds is 10. The summed E-state index contributed by atoms with van der Waals surface area (Å²) in [5.74, 6) is -0.823. The van der Waals surface area contributed by atoms with Crippen LogP contribution >= 0.6 is 0 Å². The lowest BCUT2D eigenvalue weighted by Crippen LogP contribution is -2.50. The van der Waals surface area contributed by atoms with Gasteiger partial charge in [0.1, 0.15) is 17.8 Å². The molecule has 1 heterocycles. The van der Waals surface area contributed by atoms with E-state index in [0.717, 1.165) is 16.7 Å². The molecular formula is C33H50O4Si2. The highest BCUT2D eigenvalue weighted by Crippen LogP contribution is 2.48. The van der Waals surface area contributed by atoms with Gasteiger partial charge < -0.3 is 18.3 Å². The van der Waals surface area contributed by atoms with Crippen LogP contribution < -0.4 is 0 Å². The van der Waals surface area contributed by atoms with Crippen molar-refractivity contribution < 1.29 is 18.3 Å². The molecule has 1 saturated heterocycles. The normalized spacial score (nSPS) is 21.3. The van der Waals surface area contributed by atoms with Gasteiger partial charge >= 0.3 is 0 Å². The van der Waals surface area contributed by atoms with Crippen LogP contribution in [0.25, 0.3) is 0 Å². The van der Waals surface area contributed by atoms with Gasteiger partial charge in [-0.05, 0) is 53.7 Å². The average molecular weight is 567 g/mol. The fourth-order valence-corrected chi connectivity index (χ4v) is 7.17. The molecule has 0 bridgehead atoms. The molecule has 3 unspecified atom stereocenters. The summed E-state index contributed by atoms with van der Waals surface area (Å²) in [6, 6.07) is 20.8. The largest absolute Gasteiger partial charge is 0.408 e. The Hall–Kier alpha value is -1.81. The molecule has 0 aliphatic carbocycles. The summed E-state index contributed by atoms with van der Waals surface area (Å²) in [5.41, 5.74) is 1.98. The van der Waals surface area contributed by atoms with Crippen LogP contribution in [0.4, 0.5) is 0 Å². The van der Waals surface area contributed by atoms with E-state index < -0.39 is 41.7 Å². The Balaban J connectivity index is 2.19. The van der Waals surface area contributed by atoms with E-state index in [4.69, 9.17) is 24.9 Å². The summed E-state index contributed by atoms with van der Waals surface area (Å²) in [6.45, 7) is 30.8. The van der Waals surface area contributed by atoms with Crippen LogP contribution in [0.15, 0.2) is 85.5 Å². The van der Waals surface area contributed by atoms with Crippen molar-refractivity contribution in [1.29, 1.82) is 0 Å². The molecule has 3 rings (SSSR count). The lowest BCUT2D eigenvalue weighted by molar-refractivity contribution is -0.150. The van der Waals surface area contributed by atoms with E-state index in [-0.39, 0.29) is 16.2 Å². The molecule has 0 spiro atoms. The van der Waals surface area contributed by atoms with Crippen LogP contribution in [-0.4, -0.2) is 42.2 Å². The van der Waals surface area contributed by atoms with Crippen molar-refractivity contribution >= 4 is 18.1 Å². The molecular weight excluding hydrogens is 517 g/mol. The fourth-order valence-electron chi connectivity index (χ4n) is 4.73. The van der Waals surface area contributed by atoms with Gasteiger partial charge in [-0.15, -0.1) is 6.58 Å². The zero-order valence-electron chi connectivity index (χ0n) is 25.8. The van der Waals surface area contributed by atoms with Crippen molar-refractivity contribution in [2.24, 2.45) is 0 Å². The Morgan fingerprint density at radius 1 is 0.923 bits per heavy atom. The Bertz CT molecular complexity index is 1070. The summed E-state index contributed by atoms with van der Waals surface area (Å²) in [6.07, 6.45) is 0.597. The molecule has 1 aliphatic heterocycles. The quantitative estimate of drug-likeness (QED) is 0.216. The molecule has 0 aromatic heterocycles. The third-order valence-corrected chi connectivity index (χ3v) is 13.7.